The highest BCUT2D eigenvalue weighted by atomic mass is 16.5. The maximum Gasteiger partial charge on any atom is 0.343 e. The summed E-state index contributed by atoms with van der Waals surface area (Å²) in [7, 11) is 1.58. The summed E-state index contributed by atoms with van der Waals surface area (Å²) < 4.78 is 31.3. The van der Waals surface area contributed by atoms with E-state index in [-0.39, 0.29) is 22.7 Å². The smallest absolute Gasteiger partial charge is 0.343 e. The summed E-state index contributed by atoms with van der Waals surface area (Å²) in [6, 6.07) is 14.5. The molecule has 64 heavy (non-hydrogen) atoms. The van der Waals surface area contributed by atoms with Gasteiger partial charge >= 0.3 is 22.8 Å². The van der Waals surface area contributed by atoms with Crippen molar-refractivity contribution in [1.82, 2.24) is 0 Å². The zero-order valence-electron chi connectivity index (χ0n) is 39.4. The number of aryl methyl sites for hydroxylation is 3. The number of allylic oxidation sites excluding steroid dienone is 8. The van der Waals surface area contributed by atoms with E-state index in [0.717, 1.165) is 62.3 Å². The number of methoxy groups -OCH3 is 1. The van der Waals surface area contributed by atoms with E-state index >= 15 is 0 Å². The summed E-state index contributed by atoms with van der Waals surface area (Å²) in [5.41, 5.74) is 4.81. The highest BCUT2D eigenvalue weighted by Crippen LogP contribution is 2.38. The molecule has 0 saturated carbocycles. The van der Waals surface area contributed by atoms with E-state index in [2.05, 4.69) is 59.8 Å². The molecule has 2 unspecified atom stereocenters. The summed E-state index contributed by atoms with van der Waals surface area (Å²) in [5.74, 6) is 2.81. The van der Waals surface area contributed by atoms with Crippen LogP contribution >= 0.6 is 0 Å². The lowest BCUT2D eigenvalue weighted by molar-refractivity contribution is -0.128. The number of benzene rings is 1. The normalized spacial score (nSPS) is 14.4. The predicted octanol–water partition coefficient (Wildman–Crippen LogP) is 12.0. The Bertz CT molecular complexity index is 2480. The number of aromatic hydroxyl groups is 1. The van der Waals surface area contributed by atoms with Crippen LogP contribution in [0.5, 0.6) is 23.0 Å². The third kappa shape index (κ3) is 18.9. The quantitative estimate of drug-likeness (QED) is 0.0689. The van der Waals surface area contributed by atoms with Gasteiger partial charge < -0.3 is 32.6 Å². The summed E-state index contributed by atoms with van der Waals surface area (Å²) in [6.45, 7) is 19.8. The number of hydrogen-bond donors (Lipinski definition) is 1. The Hall–Kier alpha value is -6.36. The summed E-state index contributed by atoms with van der Waals surface area (Å²) in [6.07, 6.45) is 19.2. The van der Waals surface area contributed by atoms with Gasteiger partial charge in [0.25, 0.3) is 0 Å². The van der Waals surface area contributed by atoms with E-state index in [1.807, 2.05) is 31.2 Å². The molecule has 2 atom stereocenters. The lowest BCUT2D eigenvalue weighted by atomic mass is 9.76. The summed E-state index contributed by atoms with van der Waals surface area (Å²) in [4.78, 5) is 46.1. The topological polar surface area (TPSA) is 156 Å². The first-order valence-electron chi connectivity index (χ1n) is 21.6. The van der Waals surface area contributed by atoms with Crippen molar-refractivity contribution in [3.8, 4) is 23.0 Å². The number of hydrogen-bond acceptors (Lipinski definition) is 11. The number of rotatable bonds is 15. The van der Waals surface area contributed by atoms with E-state index in [1.165, 1.54) is 46.6 Å². The molecule has 0 spiro atoms. The molecule has 0 amide bonds. The highest BCUT2D eigenvalue weighted by Gasteiger charge is 2.36. The second kappa shape index (κ2) is 25.7. The van der Waals surface area contributed by atoms with Crippen LogP contribution in [0.25, 0.3) is 6.08 Å². The van der Waals surface area contributed by atoms with Crippen LogP contribution in [0.15, 0.2) is 135 Å². The van der Waals surface area contributed by atoms with Gasteiger partial charge in [-0.3, -0.25) is 0 Å². The maximum absolute atomic E-state index is 11.7. The first kappa shape index (κ1) is 52.0. The van der Waals surface area contributed by atoms with Crippen LogP contribution < -0.4 is 31.1 Å². The zero-order chi connectivity index (χ0) is 47.4. The van der Waals surface area contributed by atoms with Gasteiger partial charge in [-0.2, -0.15) is 0 Å². The van der Waals surface area contributed by atoms with E-state index < -0.39 is 17.2 Å². The molecule has 1 aliphatic carbocycles. The minimum atomic E-state index is -0.573. The van der Waals surface area contributed by atoms with Gasteiger partial charge in [-0.1, -0.05) is 58.7 Å². The fourth-order valence-electron chi connectivity index (χ4n) is 6.85. The first-order chi connectivity index (χ1) is 30.2. The predicted molar refractivity (Wildman–Crippen MR) is 253 cm³/mol. The van der Waals surface area contributed by atoms with Crippen LogP contribution in [0.2, 0.25) is 0 Å². The molecule has 1 aliphatic rings. The molecule has 0 saturated heterocycles. The van der Waals surface area contributed by atoms with Crippen molar-refractivity contribution in [2.45, 2.75) is 126 Å². The number of ether oxygens (including phenoxy) is 3. The molecule has 11 heteroatoms. The fourth-order valence-corrected chi connectivity index (χ4v) is 6.85. The van der Waals surface area contributed by atoms with Crippen molar-refractivity contribution in [2.75, 3.05) is 7.11 Å². The molecule has 1 aromatic carbocycles. The minimum Gasteiger partial charge on any atom is -0.507 e. The molecule has 0 fully saturated rings. The molecule has 0 radical (unpaired) electrons. The molecule has 11 nitrogen and oxygen atoms in total. The van der Waals surface area contributed by atoms with Crippen LogP contribution in [0.4, 0.5) is 0 Å². The SMILES string of the molecule is CC(C)=CCC/C(C)=C/Cc1c(O)cc(C)oc1=O.CC(C)=CCCC(C)(Oc1cc(C)oc(=O)c1)C1CC=C(C)CC1.COc1ccc(/C=C/C(=O)Oc2cc(C)oc(=O)c2)cc1. The average Bonchev–Trinajstić information content (AvgIpc) is 3.19. The van der Waals surface area contributed by atoms with Crippen LogP contribution in [0, 0.1) is 26.7 Å². The molecule has 4 aromatic rings. The van der Waals surface area contributed by atoms with Crippen LogP contribution in [0.3, 0.4) is 0 Å². The molecular formula is C53H66O11. The van der Waals surface area contributed by atoms with Gasteiger partial charge in [-0.05, 0) is 138 Å². The number of carbonyl (C=O) groups excluding carboxylic acids is 1. The van der Waals surface area contributed by atoms with Gasteiger partial charge in [-0.25, -0.2) is 19.2 Å². The molecule has 0 bridgehead atoms. The molecule has 1 N–H and O–H groups in total. The molecule has 0 aliphatic heterocycles. The Morgan fingerprint density at radius 3 is 1.94 bits per heavy atom. The zero-order valence-corrected chi connectivity index (χ0v) is 39.4. The third-order valence-electron chi connectivity index (χ3n) is 10.4. The lowest BCUT2D eigenvalue weighted by Gasteiger charge is -2.39. The second-order valence-electron chi connectivity index (χ2n) is 16.8. The fraction of sp³-hybridized carbons (Fsp3) is 0.396. The van der Waals surface area contributed by atoms with E-state index in [4.69, 9.17) is 27.5 Å². The van der Waals surface area contributed by atoms with Gasteiger partial charge in [-0.15, -0.1) is 0 Å². The van der Waals surface area contributed by atoms with Gasteiger partial charge in [0, 0.05) is 36.6 Å². The van der Waals surface area contributed by atoms with Crippen molar-refractivity contribution in [2.24, 2.45) is 5.92 Å². The largest absolute Gasteiger partial charge is 0.507 e. The van der Waals surface area contributed by atoms with Crippen LogP contribution in [0.1, 0.15) is 122 Å². The van der Waals surface area contributed by atoms with Crippen molar-refractivity contribution in [3.63, 3.8) is 0 Å². The maximum atomic E-state index is 11.7. The number of esters is 1. The highest BCUT2D eigenvalue weighted by molar-refractivity contribution is 5.88. The van der Waals surface area contributed by atoms with E-state index in [9.17, 15) is 24.3 Å². The standard InChI is InChI=1S/C21H30O3.C16H14O5.C16H22O3/c1-15(2)7-6-12-21(5,18-10-8-16(3)9-11-18)24-19-13-17(4)23-20(22)14-19;1-11-9-14(10-16(18)20-11)21-15(17)8-5-12-3-6-13(19-2)7-4-12;1-11(2)6-5-7-12(3)8-9-14-15(17)10-13(4)19-16(14)18/h7-8,13-14,18H,6,9-12H2,1-5H3;3-10H,1-2H3;6,8,10,17H,5,7,9H2,1-4H3/b;8-5+;12-8+. The molecule has 3 aromatic heterocycles. The lowest BCUT2D eigenvalue weighted by Crippen LogP contribution is -2.41. The van der Waals surface area contributed by atoms with Crippen LogP contribution in [-0.2, 0) is 11.2 Å². The molecule has 5 rings (SSSR count). The first-order valence-corrected chi connectivity index (χ1v) is 21.6. The molecular weight excluding hydrogens is 813 g/mol. The number of carbonyl (C=O) groups is 1. The van der Waals surface area contributed by atoms with Crippen molar-refractivity contribution >= 4 is 12.0 Å². The monoisotopic (exact) mass is 878 g/mol. The molecule has 344 valence electrons. The van der Waals surface area contributed by atoms with Crippen LogP contribution in [-0.4, -0.2) is 23.8 Å². The molecule has 3 heterocycles. The minimum absolute atomic E-state index is 0.0158. The summed E-state index contributed by atoms with van der Waals surface area (Å²) in [5, 5.41) is 9.74. The van der Waals surface area contributed by atoms with Gasteiger partial charge in [0.1, 0.15) is 45.9 Å². The van der Waals surface area contributed by atoms with Crippen molar-refractivity contribution < 1.29 is 37.4 Å². The second-order valence-corrected chi connectivity index (χ2v) is 16.8. The van der Waals surface area contributed by atoms with Gasteiger partial charge in [0.2, 0.25) is 0 Å². The van der Waals surface area contributed by atoms with E-state index in [0.29, 0.717) is 40.9 Å². The third-order valence-corrected chi connectivity index (χ3v) is 10.4. The Morgan fingerprint density at radius 2 is 1.38 bits per heavy atom. The van der Waals surface area contributed by atoms with Crippen molar-refractivity contribution in [3.05, 3.63) is 167 Å². The Morgan fingerprint density at radius 1 is 0.781 bits per heavy atom. The van der Waals surface area contributed by atoms with E-state index in [1.54, 1.807) is 46.1 Å². The van der Waals surface area contributed by atoms with Gasteiger partial charge in [0.15, 0.2) is 0 Å². The summed E-state index contributed by atoms with van der Waals surface area (Å²) >= 11 is 0. The average molecular weight is 879 g/mol. The van der Waals surface area contributed by atoms with Gasteiger partial charge in [0.05, 0.1) is 24.8 Å². The Labute approximate surface area is 377 Å². The Balaban J connectivity index is 0.000000257. The van der Waals surface area contributed by atoms with Crippen molar-refractivity contribution in [1.29, 1.82) is 0 Å². The Kier molecular flexibility index (Phi) is 20.9.